The second kappa shape index (κ2) is 6.54. The van der Waals surface area contributed by atoms with Gasteiger partial charge in [-0.15, -0.1) is 0 Å². The summed E-state index contributed by atoms with van der Waals surface area (Å²) in [5.41, 5.74) is 3.80. The van der Waals surface area contributed by atoms with Crippen molar-refractivity contribution in [1.29, 1.82) is 0 Å². The van der Waals surface area contributed by atoms with Crippen LogP contribution in [0.15, 0.2) is 12.1 Å². The predicted octanol–water partition coefficient (Wildman–Crippen LogP) is 3.20. The summed E-state index contributed by atoms with van der Waals surface area (Å²) in [5, 5.41) is 3.42. The zero-order valence-electron chi connectivity index (χ0n) is 10.9. The number of ether oxygens (including phenoxy) is 1. The minimum Gasteiger partial charge on any atom is -0.493 e. The maximum Gasteiger partial charge on any atom is 0.125 e. The van der Waals surface area contributed by atoms with Crippen molar-refractivity contribution in [3.8, 4) is 5.75 Å². The Kier molecular flexibility index (Phi) is 5.33. The van der Waals surface area contributed by atoms with Gasteiger partial charge in [-0.2, -0.15) is 0 Å². The number of rotatable bonds is 6. The molecular weight excluding hydrogens is 198 g/mol. The summed E-state index contributed by atoms with van der Waals surface area (Å²) >= 11 is 0. The Morgan fingerprint density at radius 1 is 1.12 bits per heavy atom. The molecule has 0 heterocycles. The molecule has 0 aliphatic heterocycles. The smallest absolute Gasteiger partial charge is 0.125 e. The van der Waals surface area contributed by atoms with Gasteiger partial charge in [-0.05, 0) is 50.4 Å². The molecule has 90 valence electrons. The lowest BCUT2D eigenvalue weighted by Gasteiger charge is -2.13. The molecule has 1 rings (SSSR count). The number of nitrogens with one attached hydrogen (secondary N) is 1. The molecule has 0 aliphatic rings. The van der Waals surface area contributed by atoms with Crippen molar-refractivity contribution in [3.05, 3.63) is 28.8 Å². The number of aryl methyl sites for hydroxylation is 2. The number of benzene rings is 1. The summed E-state index contributed by atoms with van der Waals surface area (Å²) < 4.78 is 5.63. The van der Waals surface area contributed by atoms with E-state index in [1.165, 1.54) is 23.1 Å². The van der Waals surface area contributed by atoms with Crippen molar-refractivity contribution in [2.45, 2.75) is 40.7 Å². The largest absolute Gasteiger partial charge is 0.493 e. The van der Waals surface area contributed by atoms with Crippen LogP contribution in [-0.2, 0) is 6.54 Å². The summed E-state index contributed by atoms with van der Waals surface area (Å²) in [6, 6.07) is 4.42. The fourth-order valence-electron chi connectivity index (χ4n) is 1.92. The van der Waals surface area contributed by atoms with Gasteiger partial charge in [0.1, 0.15) is 5.75 Å². The molecule has 0 aromatic heterocycles. The number of hydrogen-bond acceptors (Lipinski definition) is 2. The van der Waals surface area contributed by atoms with Crippen molar-refractivity contribution >= 4 is 0 Å². The van der Waals surface area contributed by atoms with Crippen LogP contribution in [0.1, 0.15) is 37.0 Å². The number of hydrogen-bond donors (Lipinski definition) is 1. The van der Waals surface area contributed by atoms with E-state index in [0.717, 1.165) is 25.4 Å². The molecule has 1 aromatic carbocycles. The molecule has 2 heteroatoms. The second-order valence-corrected chi connectivity index (χ2v) is 4.17. The Morgan fingerprint density at radius 2 is 1.75 bits per heavy atom. The van der Waals surface area contributed by atoms with Crippen molar-refractivity contribution in [3.63, 3.8) is 0 Å². The Bertz CT molecular complexity index is 311. The highest BCUT2D eigenvalue weighted by Gasteiger charge is 2.05. The fraction of sp³-hybridized carbons (Fsp3) is 0.571. The summed E-state index contributed by atoms with van der Waals surface area (Å²) in [4.78, 5) is 0. The average Bonchev–Trinajstić information content (AvgIpc) is 2.24. The summed E-state index contributed by atoms with van der Waals surface area (Å²) in [7, 11) is 0. The minimum atomic E-state index is 0.731. The van der Waals surface area contributed by atoms with Gasteiger partial charge in [-0.25, -0.2) is 0 Å². The van der Waals surface area contributed by atoms with Crippen LogP contribution >= 0.6 is 0 Å². The van der Waals surface area contributed by atoms with Gasteiger partial charge < -0.3 is 10.1 Å². The Hall–Kier alpha value is -1.02. The van der Waals surface area contributed by atoms with E-state index >= 15 is 0 Å². The second-order valence-electron chi connectivity index (χ2n) is 4.17. The molecule has 0 saturated carbocycles. The first-order valence-corrected chi connectivity index (χ1v) is 6.12. The van der Waals surface area contributed by atoms with Gasteiger partial charge in [0.05, 0.1) is 6.61 Å². The van der Waals surface area contributed by atoms with Gasteiger partial charge in [0.15, 0.2) is 0 Å². The molecule has 0 spiro atoms. The zero-order chi connectivity index (χ0) is 12.0. The Balaban J connectivity index is 2.75. The Labute approximate surface area is 99.0 Å². The van der Waals surface area contributed by atoms with Crippen molar-refractivity contribution < 1.29 is 4.74 Å². The monoisotopic (exact) mass is 221 g/mol. The third-order valence-corrected chi connectivity index (χ3v) is 2.56. The summed E-state index contributed by atoms with van der Waals surface area (Å²) in [5.74, 6) is 1.04. The highest BCUT2D eigenvalue weighted by Crippen LogP contribution is 2.24. The molecule has 0 atom stereocenters. The maximum atomic E-state index is 5.63. The van der Waals surface area contributed by atoms with Gasteiger partial charge in [0.2, 0.25) is 0 Å². The average molecular weight is 221 g/mol. The first kappa shape index (κ1) is 13.0. The van der Waals surface area contributed by atoms with Gasteiger partial charge in [-0.3, -0.25) is 0 Å². The molecule has 2 nitrogen and oxygen atoms in total. The quantitative estimate of drug-likeness (QED) is 0.745. The van der Waals surface area contributed by atoms with E-state index in [1.54, 1.807) is 0 Å². The van der Waals surface area contributed by atoms with Crippen LogP contribution in [0.3, 0.4) is 0 Å². The SMILES string of the molecule is CCCNCc1cc(C)c(OCC)c(C)c1. The molecule has 0 saturated heterocycles. The van der Waals surface area contributed by atoms with Crippen LogP contribution in [0.25, 0.3) is 0 Å². The lowest BCUT2D eigenvalue weighted by atomic mass is 10.1. The Morgan fingerprint density at radius 3 is 2.25 bits per heavy atom. The molecule has 0 unspecified atom stereocenters. The minimum absolute atomic E-state index is 0.731. The van der Waals surface area contributed by atoms with E-state index in [9.17, 15) is 0 Å². The van der Waals surface area contributed by atoms with Gasteiger partial charge >= 0.3 is 0 Å². The van der Waals surface area contributed by atoms with Crippen LogP contribution in [0.4, 0.5) is 0 Å². The van der Waals surface area contributed by atoms with Crippen LogP contribution in [0, 0.1) is 13.8 Å². The molecule has 0 aliphatic carbocycles. The molecule has 0 fully saturated rings. The van der Waals surface area contributed by atoms with Gasteiger partial charge in [0, 0.05) is 6.54 Å². The van der Waals surface area contributed by atoms with Gasteiger partial charge in [0.25, 0.3) is 0 Å². The predicted molar refractivity (Wildman–Crippen MR) is 69.1 cm³/mol. The summed E-state index contributed by atoms with van der Waals surface area (Å²) in [6.45, 7) is 11.2. The first-order chi connectivity index (χ1) is 7.69. The van der Waals surface area contributed by atoms with Crippen LogP contribution in [-0.4, -0.2) is 13.2 Å². The molecule has 0 amide bonds. The van der Waals surface area contributed by atoms with E-state index < -0.39 is 0 Å². The van der Waals surface area contributed by atoms with Crippen LogP contribution < -0.4 is 10.1 Å². The topological polar surface area (TPSA) is 21.3 Å². The normalized spacial score (nSPS) is 10.5. The highest BCUT2D eigenvalue weighted by atomic mass is 16.5. The van der Waals surface area contributed by atoms with E-state index in [0.29, 0.717) is 0 Å². The first-order valence-electron chi connectivity index (χ1n) is 6.12. The molecule has 1 aromatic rings. The van der Waals surface area contributed by atoms with Crippen LogP contribution in [0.5, 0.6) is 5.75 Å². The van der Waals surface area contributed by atoms with Crippen molar-refractivity contribution in [2.24, 2.45) is 0 Å². The molecule has 0 bridgehead atoms. The van der Waals surface area contributed by atoms with Crippen molar-refractivity contribution in [2.75, 3.05) is 13.2 Å². The molecular formula is C14H23NO. The molecule has 0 radical (unpaired) electrons. The van der Waals surface area contributed by atoms with E-state index in [4.69, 9.17) is 4.74 Å². The fourth-order valence-corrected chi connectivity index (χ4v) is 1.92. The third kappa shape index (κ3) is 3.53. The molecule has 16 heavy (non-hydrogen) atoms. The maximum absolute atomic E-state index is 5.63. The van der Waals surface area contributed by atoms with Gasteiger partial charge in [-0.1, -0.05) is 19.1 Å². The highest BCUT2D eigenvalue weighted by molar-refractivity contribution is 5.43. The standard InChI is InChI=1S/C14H23NO/c1-5-7-15-10-13-8-11(3)14(16-6-2)12(4)9-13/h8-9,15H,5-7,10H2,1-4H3. The van der Waals surface area contributed by atoms with E-state index in [1.807, 2.05) is 6.92 Å². The lowest BCUT2D eigenvalue weighted by Crippen LogP contribution is -2.14. The zero-order valence-corrected chi connectivity index (χ0v) is 10.9. The van der Waals surface area contributed by atoms with E-state index in [2.05, 4.69) is 38.2 Å². The molecule has 1 N–H and O–H groups in total. The van der Waals surface area contributed by atoms with E-state index in [-0.39, 0.29) is 0 Å². The summed E-state index contributed by atoms with van der Waals surface area (Å²) in [6.07, 6.45) is 1.18. The third-order valence-electron chi connectivity index (χ3n) is 2.56. The van der Waals surface area contributed by atoms with Crippen molar-refractivity contribution in [1.82, 2.24) is 5.32 Å². The van der Waals surface area contributed by atoms with Crippen LogP contribution in [0.2, 0.25) is 0 Å². The lowest BCUT2D eigenvalue weighted by molar-refractivity contribution is 0.335.